The Kier molecular flexibility index (Phi) is 4.56. The molecule has 0 aliphatic rings. The summed E-state index contributed by atoms with van der Waals surface area (Å²) in [6.07, 6.45) is -1.19. The highest BCUT2D eigenvalue weighted by atomic mass is 16.4. The van der Waals surface area contributed by atoms with Crippen LogP contribution in [-0.2, 0) is 11.3 Å². The highest BCUT2D eigenvalue weighted by Crippen LogP contribution is 2.22. The predicted molar refractivity (Wildman–Crippen MR) is 78.4 cm³/mol. The third kappa shape index (κ3) is 3.60. The van der Waals surface area contributed by atoms with Gasteiger partial charge in [0.2, 0.25) is 5.91 Å². The number of primary amides is 1. The lowest BCUT2D eigenvalue weighted by atomic mass is 10.0. The molecule has 0 fully saturated rings. The Morgan fingerprint density at radius 3 is 2.00 bits per heavy atom. The van der Waals surface area contributed by atoms with E-state index in [0.29, 0.717) is 5.56 Å². The molecule has 0 aliphatic heterocycles. The van der Waals surface area contributed by atoms with Crippen LogP contribution in [0.1, 0.15) is 17.2 Å². The summed E-state index contributed by atoms with van der Waals surface area (Å²) < 4.78 is 0. The molecule has 0 saturated carbocycles. The van der Waals surface area contributed by atoms with Crippen molar-refractivity contribution >= 4 is 12.0 Å². The Morgan fingerprint density at radius 2 is 1.52 bits per heavy atom. The fraction of sp³-hybridized carbons (Fsp3) is 0.125. The largest absolute Gasteiger partial charge is 0.465 e. The van der Waals surface area contributed by atoms with E-state index >= 15 is 0 Å². The van der Waals surface area contributed by atoms with Gasteiger partial charge in [0.25, 0.3) is 0 Å². The molecule has 2 rings (SSSR count). The summed E-state index contributed by atoms with van der Waals surface area (Å²) in [5.41, 5.74) is 6.77. The molecule has 21 heavy (non-hydrogen) atoms. The van der Waals surface area contributed by atoms with Crippen molar-refractivity contribution in [2.75, 3.05) is 0 Å². The van der Waals surface area contributed by atoms with Crippen LogP contribution in [0.15, 0.2) is 60.7 Å². The van der Waals surface area contributed by atoms with Gasteiger partial charge >= 0.3 is 6.09 Å². The zero-order valence-electron chi connectivity index (χ0n) is 11.3. The average Bonchev–Trinajstić information content (AvgIpc) is 2.48. The standard InChI is InChI=1S/C16H16N2O3/c17-15(19)14(13-9-5-2-6-10-13)18(16(20)21)11-12-7-3-1-4-8-12/h1-10,14H,11H2,(H2,17,19)(H,20,21). The molecule has 0 bridgehead atoms. The summed E-state index contributed by atoms with van der Waals surface area (Å²) in [5.74, 6) is -0.695. The highest BCUT2D eigenvalue weighted by Gasteiger charge is 2.29. The second-order valence-electron chi connectivity index (χ2n) is 4.61. The average molecular weight is 284 g/mol. The van der Waals surface area contributed by atoms with Crippen LogP contribution in [-0.4, -0.2) is 22.0 Å². The van der Waals surface area contributed by atoms with Crippen LogP contribution in [0.5, 0.6) is 0 Å². The van der Waals surface area contributed by atoms with Gasteiger partial charge in [-0.25, -0.2) is 4.79 Å². The van der Waals surface area contributed by atoms with Crippen molar-refractivity contribution in [3.63, 3.8) is 0 Å². The van der Waals surface area contributed by atoms with Gasteiger partial charge in [-0.1, -0.05) is 60.7 Å². The molecule has 0 radical (unpaired) electrons. The Hall–Kier alpha value is -2.82. The molecule has 2 aromatic carbocycles. The summed E-state index contributed by atoms with van der Waals surface area (Å²) in [6.45, 7) is 0.0959. The van der Waals surface area contributed by atoms with E-state index in [2.05, 4.69) is 0 Å². The third-order valence-corrected chi connectivity index (χ3v) is 3.14. The van der Waals surface area contributed by atoms with Crippen molar-refractivity contribution < 1.29 is 14.7 Å². The molecule has 108 valence electrons. The molecule has 0 saturated heterocycles. The maximum Gasteiger partial charge on any atom is 0.408 e. The summed E-state index contributed by atoms with van der Waals surface area (Å²) in [5, 5.41) is 9.43. The second-order valence-corrected chi connectivity index (χ2v) is 4.61. The van der Waals surface area contributed by atoms with Crippen LogP contribution in [0.4, 0.5) is 4.79 Å². The fourth-order valence-electron chi connectivity index (χ4n) is 2.18. The second kappa shape index (κ2) is 6.56. The van der Waals surface area contributed by atoms with Gasteiger partial charge in [-0.2, -0.15) is 0 Å². The van der Waals surface area contributed by atoms with Crippen LogP contribution >= 0.6 is 0 Å². The van der Waals surface area contributed by atoms with Crippen molar-refractivity contribution in [2.24, 2.45) is 5.73 Å². The number of rotatable bonds is 5. The first-order chi connectivity index (χ1) is 10.1. The van der Waals surface area contributed by atoms with E-state index in [4.69, 9.17) is 5.73 Å². The summed E-state index contributed by atoms with van der Waals surface area (Å²) in [7, 11) is 0. The number of carbonyl (C=O) groups is 2. The molecule has 3 N–H and O–H groups in total. The van der Waals surface area contributed by atoms with Crippen LogP contribution in [0.25, 0.3) is 0 Å². The van der Waals surface area contributed by atoms with Crippen molar-refractivity contribution in [3.05, 3.63) is 71.8 Å². The zero-order chi connectivity index (χ0) is 15.2. The molecular weight excluding hydrogens is 268 g/mol. The first kappa shape index (κ1) is 14.6. The minimum absolute atomic E-state index is 0.0959. The molecule has 5 nitrogen and oxygen atoms in total. The van der Waals surface area contributed by atoms with Crippen LogP contribution < -0.4 is 5.73 Å². The number of nitrogens with two attached hydrogens (primary N) is 1. The van der Waals surface area contributed by atoms with Gasteiger partial charge in [0.15, 0.2) is 0 Å². The monoisotopic (exact) mass is 284 g/mol. The number of amides is 2. The first-order valence-corrected chi connectivity index (χ1v) is 6.47. The molecule has 2 amide bonds. The summed E-state index contributed by atoms with van der Waals surface area (Å²) in [4.78, 5) is 24.3. The number of benzene rings is 2. The van der Waals surface area contributed by atoms with Gasteiger partial charge in [0, 0.05) is 0 Å². The SMILES string of the molecule is NC(=O)C(c1ccccc1)N(Cc1ccccc1)C(=O)O. The van der Waals surface area contributed by atoms with Crippen LogP contribution in [0, 0.1) is 0 Å². The number of nitrogens with zero attached hydrogens (tertiary/aromatic N) is 1. The number of hydrogen-bond acceptors (Lipinski definition) is 2. The molecule has 5 heteroatoms. The third-order valence-electron chi connectivity index (χ3n) is 3.14. The van der Waals surface area contributed by atoms with Gasteiger partial charge in [-0.05, 0) is 11.1 Å². The zero-order valence-corrected chi connectivity index (χ0v) is 11.3. The van der Waals surface area contributed by atoms with Crippen molar-refractivity contribution in [3.8, 4) is 0 Å². The van der Waals surface area contributed by atoms with E-state index < -0.39 is 18.0 Å². The minimum Gasteiger partial charge on any atom is -0.465 e. The Balaban J connectivity index is 2.34. The number of carbonyl (C=O) groups excluding carboxylic acids is 1. The van der Waals surface area contributed by atoms with Gasteiger partial charge in [-0.3, -0.25) is 9.69 Å². The van der Waals surface area contributed by atoms with Gasteiger partial charge in [0.1, 0.15) is 6.04 Å². The summed E-state index contributed by atoms with van der Waals surface area (Å²) >= 11 is 0. The minimum atomic E-state index is -1.19. The quantitative estimate of drug-likeness (QED) is 0.884. The van der Waals surface area contributed by atoms with E-state index in [1.54, 1.807) is 42.5 Å². The highest BCUT2D eigenvalue weighted by molar-refractivity contribution is 5.85. The van der Waals surface area contributed by atoms with E-state index in [-0.39, 0.29) is 6.54 Å². The van der Waals surface area contributed by atoms with E-state index in [1.165, 1.54) is 0 Å². The number of carboxylic acid groups (broad SMARTS) is 1. The van der Waals surface area contributed by atoms with Crippen molar-refractivity contribution in [1.82, 2.24) is 4.90 Å². The van der Waals surface area contributed by atoms with Gasteiger partial charge < -0.3 is 10.8 Å². The topological polar surface area (TPSA) is 83.6 Å². The van der Waals surface area contributed by atoms with Crippen molar-refractivity contribution in [1.29, 1.82) is 0 Å². The van der Waals surface area contributed by atoms with Crippen molar-refractivity contribution in [2.45, 2.75) is 12.6 Å². The van der Waals surface area contributed by atoms with Gasteiger partial charge in [-0.15, -0.1) is 0 Å². The fourth-order valence-corrected chi connectivity index (χ4v) is 2.18. The molecule has 2 aromatic rings. The lowest BCUT2D eigenvalue weighted by molar-refractivity contribution is -0.123. The number of hydrogen-bond donors (Lipinski definition) is 2. The smallest absolute Gasteiger partial charge is 0.408 e. The molecule has 0 aliphatic carbocycles. The van der Waals surface area contributed by atoms with E-state index in [9.17, 15) is 14.7 Å². The Morgan fingerprint density at radius 1 is 1.00 bits per heavy atom. The molecular formula is C16H16N2O3. The maximum absolute atomic E-state index is 11.8. The maximum atomic E-state index is 11.8. The molecule has 1 atom stereocenters. The van der Waals surface area contributed by atoms with E-state index in [1.807, 2.05) is 18.2 Å². The normalized spacial score (nSPS) is 11.6. The Labute approximate surface area is 122 Å². The molecule has 0 heterocycles. The van der Waals surface area contributed by atoms with Crippen LogP contribution in [0.3, 0.4) is 0 Å². The van der Waals surface area contributed by atoms with Gasteiger partial charge in [0.05, 0.1) is 6.54 Å². The molecule has 0 aromatic heterocycles. The lowest BCUT2D eigenvalue weighted by Crippen LogP contribution is -2.40. The van der Waals surface area contributed by atoms with E-state index in [0.717, 1.165) is 10.5 Å². The molecule has 0 spiro atoms. The summed E-state index contributed by atoms with van der Waals surface area (Å²) in [6, 6.07) is 16.7. The Bertz CT molecular complexity index is 614. The lowest BCUT2D eigenvalue weighted by Gasteiger charge is -2.27. The van der Waals surface area contributed by atoms with Crippen LogP contribution in [0.2, 0.25) is 0 Å². The first-order valence-electron chi connectivity index (χ1n) is 6.47. The predicted octanol–water partition coefficient (Wildman–Crippen LogP) is 2.39. The molecule has 1 unspecified atom stereocenters.